The highest BCUT2D eigenvalue weighted by molar-refractivity contribution is 7.92. The molecule has 160 valence electrons. The predicted molar refractivity (Wildman–Crippen MR) is 119 cm³/mol. The SMILES string of the molecule is O=S(=O)(Nc1cccc(CNCCOc2cccc3[nH]ccc23)c1)c1ccc(F)cc1. The Balaban J connectivity index is 1.29. The maximum Gasteiger partial charge on any atom is 0.261 e. The van der Waals surface area contributed by atoms with Crippen LogP contribution in [0.15, 0.2) is 83.9 Å². The Kier molecular flexibility index (Phi) is 6.20. The van der Waals surface area contributed by atoms with Gasteiger partial charge in [0.1, 0.15) is 18.2 Å². The predicted octanol–water partition coefficient (Wildman–Crippen LogP) is 4.28. The van der Waals surface area contributed by atoms with Crippen molar-refractivity contribution in [3.63, 3.8) is 0 Å². The van der Waals surface area contributed by atoms with Gasteiger partial charge >= 0.3 is 0 Å². The lowest BCUT2D eigenvalue weighted by Crippen LogP contribution is -2.20. The maximum atomic E-state index is 13.0. The molecule has 0 radical (unpaired) electrons. The summed E-state index contributed by atoms with van der Waals surface area (Å²) in [6.07, 6.45) is 1.88. The molecule has 0 fully saturated rings. The smallest absolute Gasteiger partial charge is 0.261 e. The second-order valence-corrected chi connectivity index (χ2v) is 8.66. The largest absolute Gasteiger partial charge is 0.492 e. The molecule has 3 N–H and O–H groups in total. The summed E-state index contributed by atoms with van der Waals surface area (Å²) in [5.41, 5.74) is 2.40. The van der Waals surface area contributed by atoms with Crippen LogP contribution in [-0.4, -0.2) is 26.6 Å². The van der Waals surface area contributed by atoms with Gasteiger partial charge in [-0.25, -0.2) is 12.8 Å². The van der Waals surface area contributed by atoms with Crippen molar-refractivity contribution in [3.8, 4) is 5.75 Å². The molecule has 3 aromatic carbocycles. The second kappa shape index (κ2) is 9.20. The molecule has 8 heteroatoms. The van der Waals surface area contributed by atoms with Gasteiger partial charge in [0.05, 0.1) is 4.90 Å². The van der Waals surface area contributed by atoms with Crippen LogP contribution >= 0.6 is 0 Å². The van der Waals surface area contributed by atoms with Crippen molar-refractivity contribution in [2.75, 3.05) is 17.9 Å². The molecule has 6 nitrogen and oxygen atoms in total. The molecule has 31 heavy (non-hydrogen) atoms. The fraction of sp³-hybridized carbons (Fsp3) is 0.130. The lowest BCUT2D eigenvalue weighted by Gasteiger charge is -2.11. The van der Waals surface area contributed by atoms with E-state index in [-0.39, 0.29) is 4.90 Å². The highest BCUT2D eigenvalue weighted by Crippen LogP contribution is 2.24. The molecule has 0 unspecified atom stereocenters. The van der Waals surface area contributed by atoms with Gasteiger partial charge in [-0.05, 0) is 60.2 Å². The van der Waals surface area contributed by atoms with Crippen LogP contribution in [0.4, 0.5) is 10.1 Å². The van der Waals surface area contributed by atoms with E-state index in [0.29, 0.717) is 25.4 Å². The van der Waals surface area contributed by atoms with Gasteiger partial charge in [-0.2, -0.15) is 0 Å². The molecular formula is C23H22FN3O3S. The number of sulfonamides is 1. The minimum atomic E-state index is -3.78. The van der Waals surface area contributed by atoms with Crippen molar-refractivity contribution in [1.82, 2.24) is 10.3 Å². The number of ether oxygens (including phenoxy) is 1. The molecule has 0 aliphatic heterocycles. The van der Waals surface area contributed by atoms with E-state index < -0.39 is 15.8 Å². The third kappa shape index (κ3) is 5.22. The average Bonchev–Trinajstić information content (AvgIpc) is 3.23. The fourth-order valence-corrected chi connectivity index (χ4v) is 4.27. The zero-order valence-corrected chi connectivity index (χ0v) is 17.5. The Labute approximate surface area is 180 Å². The van der Waals surface area contributed by atoms with Crippen LogP contribution < -0.4 is 14.8 Å². The lowest BCUT2D eigenvalue weighted by molar-refractivity contribution is 0.317. The van der Waals surface area contributed by atoms with Gasteiger partial charge in [0.2, 0.25) is 0 Å². The average molecular weight is 440 g/mol. The number of rotatable bonds is 9. The van der Waals surface area contributed by atoms with E-state index in [1.807, 2.05) is 36.5 Å². The molecule has 0 bridgehead atoms. The molecule has 1 aromatic heterocycles. The Morgan fingerprint density at radius 2 is 1.77 bits per heavy atom. The first-order valence-electron chi connectivity index (χ1n) is 9.78. The van der Waals surface area contributed by atoms with Gasteiger partial charge in [0, 0.05) is 35.9 Å². The van der Waals surface area contributed by atoms with Gasteiger partial charge in [-0.3, -0.25) is 4.72 Å². The van der Waals surface area contributed by atoms with E-state index in [0.717, 1.165) is 34.3 Å². The number of nitrogens with one attached hydrogen (secondary N) is 3. The zero-order valence-electron chi connectivity index (χ0n) is 16.6. The van der Waals surface area contributed by atoms with Crippen molar-refractivity contribution in [2.45, 2.75) is 11.4 Å². The number of benzene rings is 3. The number of aromatic nitrogens is 1. The van der Waals surface area contributed by atoms with E-state index in [1.54, 1.807) is 18.2 Å². The Bertz CT molecular complexity index is 1270. The second-order valence-electron chi connectivity index (χ2n) is 6.98. The Hall–Kier alpha value is -3.36. The summed E-state index contributed by atoms with van der Waals surface area (Å²) < 4.78 is 46.4. The first-order chi connectivity index (χ1) is 15.0. The first-order valence-corrected chi connectivity index (χ1v) is 11.3. The van der Waals surface area contributed by atoms with Crippen molar-refractivity contribution < 1.29 is 17.5 Å². The topological polar surface area (TPSA) is 83.2 Å². The minimum Gasteiger partial charge on any atom is -0.492 e. The highest BCUT2D eigenvalue weighted by atomic mass is 32.2. The van der Waals surface area contributed by atoms with Crippen molar-refractivity contribution in [2.24, 2.45) is 0 Å². The molecule has 4 aromatic rings. The van der Waals surface area contributed by atoms with Gasteiger partial charge in [-0.1, -0.05) is 18.2 Å². The molecule has 0 aliphatic rings. The summed E-state index contributed by atoms with van der Waals surface area (Å²) in [6.45, 7) is 1.69. The minimum absolute atomic E-state index is 0.00650. The molecule has 0 spiro atoms. The molecule has 0 saturated carbocycles. The van der Waals surface area contributed by atoms with Crippen LogP contribution in [0.3, 0.4) is 0 Å². The highest BCUT2D eigenvalue weighted by Gasteiger charge is 2.14. The summed E-state index contributed by atoms with van der Waals surface area (Å²) in [5.74, 6) is 0.346. The number of fused-ring (bicyclic) bond motifs is 1. The summed E-state index contributed by atoms with van der Waals surface area (Å²) in [4.78, 5) is 3.16. The third-order valence-corrected chi connectivity index (χ3v) is 6.12. The quantitative estimate of drug-likeness (QED) is 0.340. The molecule has 0 amide bonds. The van der Waals surface area contributed by atoms with Crippen molar-refractivity contribution in [1.29, 1.82) is 0 Å². The molecular weight excluding hydrogens is 417 g/mol. The first kappa shape index (κ1) is 20.9. The van der Waals surface area contributed by atoms with Gasteiger partial charge in [0.15, 0.2) is 0 Å². The summed E-state index contributed by atoms with van der Waals surface area (Å²) in [7, 11) is -3.78. The zero-order chi connectivity index (χ0) is 21.7. The van der Waals surface area contributed by atoms with E-state index in [2.05, 4.69) is 15.0 Å². The van der Waals surface area contributed by atoms with Crippen LogP contribution in [-0.2, 0) is 16.6 Å². The van der Waals surface area contributed by atoms with Gasteiger partial charge < -0.3 is 15.0 Å². The van der Waals surface area contributed by atoms with Gasteiger partial charge in [0.25, 0.3) is 10.0 Å². The van der Waals surface area contributed by atoms with Crippen molar-refractivity contribution >= 4 is 26.6 Å². The lowest BCUT2D eigenvalue weighted by atomic mass is 10.2. The molecule has 0 saturated heterocycles. The Morgan fingerprint density at radius 1 is 0.968 bits per heavy atom. The summed E-state index contributed by atoms with van der Waals surface area (Å²) in [5, 5.41) is 4.34. The molecule has 1 heterocycles. The molecule has 0 aliphatic carbocycles. The summed E-state index contributed by atoms with van der Waals surface area (Å²) in [6, 6.07) is 19.7. The number of hydrogen-bond acceptors (Lipinski definition) is 4. The standard InChI is InChI=1S/C23H22FN3O3S/c24-18-7-9-20(10-8-18)31(28,29)27-19-4-1-3-17(15-19)16-25-13-14-30-23-6-2-5-22-21(23)11-12-26-22/h1-12,15,25-27H,13-14,16H2. The third-order valence-electron chi connectivity index (χ3n) is 4.72. The fourth-order valence-electron chi connectivity index (χ4n) is 3.22. The number of anilines is 1. The monoisotopic (exact) mass is 439 g/mol. The normalized spacial score (nSPS) is 11.5. The number of aromatic amines is 1. The number of H-pyrrole nitrogens is 1. The summed E-state index contributed by atoms with van der Waals surface area (Å²) >= 11 is 0. The van der Waals surface area contributed by atoms with Crippen LogP contribution in [0.5, 0.6) is 5.75 Å². The van der Waals surface area contributed by atoms with E-state index in [9.17, 15) is 12.8 Å². The van der Waals surface area contributed by atoms with Crippen LogP contribution in [0.2, 0.25) is 0 Å². The van der Waals surface area contributed by atoms with E-state index >= 15 is 0 Å². The van der Waals surface area contributed by atoms with Crippen LogP contribution in [0, 0.1) is 5.82 Å². The maximum absolute atomic E-state index is 13.0. The Morgan fingerprint density at radius 3 is 2.61 bits per heavy atom. The van der Waals surface area contributed by atoms with Crippen LogP contribution in [0.1, 0.15) is 5.56 Å². The van der Waals surface area contributed by atoms with E-state index in [4.69, 9.17) is 4.74 Å². The van der Waals surface area contributed by atoms with Crippen LogP contribution in [0.25, 0.3) is 10.9 Å². The number of halogens is 1. The molecule has 4 rings (SSSR count). The van der Waals surface area contributed by atoms with E-state index in [1.165, 1.54) is 12.1 Å². The van der Waals surface area contributed by atoms with Gasteiger partial charge in [-0.15, -0.1) is 0 Å². The number of hydrogen-bond donors (Lipinski definition) is 3. The molecule has 0 atom stereocenters. The van der Waals surface area contributed by atoms with Crippen molar-refractivity contribution in [3.05, 3.63) is 90.4 Å².